The molecule has 0 radical (unpaired) electrons. The molecule has 18 heavy (non-hydrogen) atoms. The molecule has 0 aliphatic heterocycles. The highest BCUT2D eigenvalue weighted by molar-refractivity contribution is 9.10. The lowest BCUT2D eigenvalue weighted by atomic mass is 10.0. The molecule has 0 N–H and O–H groups in total. The Hall–Kier alpha value is -1.48. The van der Waals surface area contributed by atoms with Gasteiger partial charge in [-0.25, -0.2) is 4.39 Å². The Labute approximate surface area is 114 Å². The fourth-order valence-electron chi connectivity index (χ4n) is 1.70. The smallest absolute Gasteiger partial charge is 0.196 e. The van der Waals surface area contributed by atoms with Crippen molar-refractivity contribution in [3.05, 3.63) is 68.9 Å². The summed E-state index contributed by atoms with van der Waals surface area (Å²) in [4.78, 5) is 12.2. The summed E-state index contributed by atoms with van der Waals surface area (Å²) in [5.41, 5.74) is 2.50. The molecule has 0 heterocycles. The zero-order valence-corrected chi connectivity index (χ0v) is 11.7. The molecule has 0 spiro atoms. The number of hydrogen-bond acceptors (Lipinski definition) is 1. The highest BCUT2D eigenvalue weighted by Gasteiger charge is 2.14. The Morgan fingerprint density at radius 3 is 2.50 bits per heavy atom. The molecule has 0 aliphatic carbocycles. The van der Waals surface area contributed by atoms with Gasteiger partial charge in [-0.3, -0.25) is 4.79 Å². The van der Waals surface area contributed by atoms with Crippen molar-refractivity contribution in [3.8, 4) is 0 Å². The van der Waals surface area contributed by atoms with E-state index in [1.165, 1.54) is 6.07 Å². The lowest BCUT2D eigenvalue weighted by Crippen LogP contribution is -2.05. The van der Waals surface area contributed by atoms with Crippen molar-refractivity contribution >= 4 is 21.7 Å². The standard InChI is InChI=1S/C15H12BrFO/c1-9-3-6-14(17)12(7-9)15(18)11-5-4-10(2)13(16)8-11/h3-8H,1-2H3. The first-order chi connectivity index (χ1) is 8.49. The number of hydrogen-bond donors (Lipinski definition) is 0. The summed E-state index contributed by atoms with van der Waals surface area (Å²) in [5.74, 6) is -0.779. The quantitative estimate of drug-likeness (QED) is 0.750. The van der Waals surface area contributed by atoms with Crippen molar-refractivity contribution in [1.29, 1.82) is 0 Å². The molecule has 2 aromatic rings. The maximum absolute atomic E-state index is 13.7. The Morgan fingerprint density at radius 1 is 1.11 bits per heavy atom. The van der Waals surface area contributed by atoms with Gasteiger partial charge in [0.1, 0.15) is 5.82 Å². The van der Waals surface area contributed by atoms with Gasteiger partial charge in [-0.15, -0.1) is 0 Å². The second-order valence-corrected chi connectivity index (χ2v) is 5.13. The molecule has 2 rings (SSSR count). The number of benzene rings is 2. The van der Waals surface area contributed by atoms with Crippen LogP contribution in [0.3, 0.4) is 0 Å². The van der Waals surface area contributed by atoms with Crippen molar-refractivity contribution in [2.24, 2.45) is 0 Å². The van der Waals surface area contributed by atoms with E-state index in [0.717, 1.165) is 15.6 Å². The van der Waals surface area contributed by atoms with Gasteiger partial charge in [0.15, 0.2) is 5.78 Å². The number of carbonyl (C=O) groups is 1. The van der Waals surface area contributed by atoms with Gasteiger partial charge in [0.05, 0.1) is 5.56 Å². The largest absolute Gasteiger partial charge is 0.288 e. The summed E-state index contributed by atoms with van der Waals surface area (Å²) in [6, 6.07) is 9.82. The Bertz CT molecular complexity index is 620. The first kappa shape index (κ1) is 13.0. The van der Waals surface area contributed by atoms with Gasteiger partial charge >= 0.3 is 0 Å². The van der Waals surface area contributed by atoms with Crippen molar-refractivity contribution in [2.45, 2.75) is 13.8 Å². The van der Waals surface area contributed by atoms with Crippen molar-refractivity contribution < 1.29 is 9.18 Å². The molecule has 1 nitrogen and oxygen atoms in total. The average Bonchev–Trinajstić information content (AvgIpc) is 2.35. The molecule has 0 unspecified atom stereocenters. The van der Waals surface area contributed by atoms with Crippen molar-refractivity contribution in [2.75, 3.05) is 0 Å². The summed E-state index contributed by atoms with van der Waals surface area (Å²) < 4.78 is 14.5. The normalized spacial score (nSPS) is 10.4. The van der Waals surface area contributed by atoms with Gasteiger partial charge in [0.2, 0.25) is 0 Å². The zero-order chi connectivity index (χ0) is 13.3. The molecule has 92 valence electrons. The highest BCUT2D eigenvalue weighted by Crippen LogP contribution is 2.21. The van der Waals surface area contributed by atoms with Gasteiger partial charge in [-0.1, -0.05) is 39.7 Å². The number of rotatable bonds is 2. The van der Waals surface area contributed by atoms with Crippen LogP contribution in [0.2, 0.25) is 0 Å². The van der Waals surface area contributed by atoms with Crippen LogP contribution in [-0.2, 0) is 0 Å². The minimum Gasteiger partial charge on any atom is -0.288 e. The van der Waals surface area contributed by atoms with E-state index in [4.69, 9.17) is 0 Å². The van der Waals surface area contributed by atoms with E-state index >= 15 is 0 Å². The van der Waals surface area contributed by atoms with Crippen LogP contribution in [0.4, 0.5) is 4.39 Å². The fourth-order valence-corrected chi connectivity index (χ4v) is 2.08. The first-order valence-electron chi connectivity index (χ1n) is 5.56. The van der Waals surface area contributed by atoms with E-state index in [1.807, 2.05) is 19.9 Å². The maximum Gasteiger partial charge on any atom is 0.196 e. The molecule has 0 atom stereocenters. The molecule has 0 bridgehead atoms. The van der Waals surface area contributed by atoms with E-state index < -0.39 is 5.82 Å². The summed E-state index contributed by atoms with van der Waals surface area (Å²) in [7, 11) is 0. The lowest BCUT2D eigenvalue weighted by Gasteiger charge is -2.06. The molecule has 3 heteroatoms. The Balaban J connectivity index is 2.47. The van der Waals surface area contributed by atoms with Crippen LogP contribution in [0.1, 0.15) is 27.0 Å². The van der Waals surface area contributed by atoms with Crippen LogP contribution in [0.25, 0.3) is 0 Å². The maximum atomic E-state index is 13.7. The van der Waals surface area contributed by atoms with Crippen LogP contribution in [-0.4, -0.2) is 5.78 Å². The van der Waals surface area contributed by atoms with Crippen molar-refractivity contribution in [3.63, 3.8) is 0 Å². The minimum absolute atomic E-state index is 0.116. The van der Waals surface area contributed by atoms with E-state index in [0.29, 0.717) is 5.56 Å². The molecule has 0 fully saturated rings. The Kier molecular flexibility index (Phi) is 3.62. The van der Waals surface area contributed by atoms with E-state index in [2.05, 4.69) is 15.9 Å². The van der Waals surface area contributed by atoms with Crippen LogP contribution < -0.4 is 0 Å². The highest BCUT2D eigenvalue weighted by atomic mass is 79.9. The fraction of sp³-hybridized carbons (Fsp3) is 0.133. The number of ketones is 1. The van der Waals surface area contributed by atoms with E-state index in [9.17, 15) is 9.18 Å². The molecular formula is C15H12BrFO. The monoisotopic (exact) mass is 306 g/mol. The third-order valence-electron chi connectivity index (χ3n) is 2.80. The SMILES string of the molecule is Cc1ccc(F)c(C(=O)c2ccc(C)c(Br)c2)c1. The van der Waals surface area contributed by atoms with Crippen LogP contribution >= 0.6 is 15.9 Å². The molecular weight excluding hydrogens is 295 g/mol. The summed E-state index contributed by atoms with van der Waals surface area (Å²) in [5, 5.41) is 0. The zero-order valence-electron chi connectivity index (χ0n) is 10.1. The number of halogens is 2. The van der Waals surface area contributed by atoms with Crippen molar-refractivity contribution in [1.82, 2.24) is 0 Å². The second kappa shape index (κ2) is 5.02. The molecule has 0 aliphatic rings. The molecule has 2 aromatic carbocycles. The van der Waals surface area contributed by atoms with Gasteiger partial charge in [-0.05, 0) is 37.6 Å². The van der Waals surface area contributed by atoms with Gasteiger partial charge in [-0.2, -0.15) is 0 Å². The second-order valence-electron chi connectivity index (χ2n) is 4.28. The number of aryl methyl sites for hydroxylation is 2. The predicted molar refractivity (Wildman–Crippen MR) is 73.4 cm³/mol. The summed E-state index contributed by atoms with van der Waals surface area (Å²) >= 11 is 3.37. The topological polar surface area (TPSA) is 17.1 Å². The lowest BCUT2D eigenvalue weighted by molar-refractivity contribution is 0.103. The van der Waals surface area contributed by atoms with Crippen LogP contribution in [0.15, 0.2) is 40.9 Å². The third-order valence-corrected chi connectivity index (χ3v) is 3.65. The van der Waals surface area contributed by atoms with E-state index in [-0.39, 0.29) is 11.3 Å². The van der Waals surface area contributed by atoms with Gasteiger partial charge in [0, 0.05) is 10.0 Å². The van der Waals surface area contributed by atoms with Crippen LogP contribution in [0, 0.1) is 19.7 Å². The van der Waals surface area contributed by atoms with Crippen LogP contribution in [0.5, 0.6) is 0 Å². The summed E-state index contributed by atoms with van der Waals surface area (Å²) in [6.07, 6.45) is 0. The molecule has 0 saturated heterocycles. The average molecular weight is 307 g/mol. The van der Waals surface area contributed by atoms with E-state index in [1.54, 1.807) is 24.3 Å². The predicted octanol–water partition coefficient (Wildman–Crippen LogP) is 4.44. The minimum atomic E-state index is -0.484. The van der Waals surface area contributed by atoms with Gasteiger partial charge < -0.3 is 0 Å². The third kappa shape index (κ3) is 2.51. The number of carbonyl (C=O) groups excluding carboxylic acids is 1. The summed E-state index contributed by atoms with van der Waals surface area (Å²) in [6.45, 7) is 3.77. The molecule has 0 aromatic heterocycles. The molecule has 0 amide bonds. The first-order valence-corrected chi connectivity index (χ1v) is 6.35. The van der Waals surface area contributed by atoms with Gasteiger partial charge in [0.25, 0.3) is 0 Å². The Morgan fingerprint density at radius 2 is 1.83 bits per heavy atom. The molecule has 0 saturated carbocycles.